The van der Waals surface area contributed by atoms with E-state index in [9.17, 15) is 4.79 Å². The van der Waals surface area contributed by atoms with Crippen molar-refractivity contribution in [2.24, 2.45) is 5.73 Å². The first-order valence-electron chi connectivity index (χ1n) is 6.18. The number of benzene rings is 1. The summed E-state index contributed by atoms with van der Waals surface area (Å²) in [6.07, 6.45) is 0.445. The summed E-state index contributed by atoms with van der Waals surface area (Å²) in [6, 6.07) is 9.47. The van der Waals surface area contributed by atoms with Crippen LogP contribution in [0, 0.1) is 0 Å². The van der Waals surface area contributed by atoms with Gasteiger partial charge in [-0.3, -0.25) is 4.79 Å². The predicted molar refractivity (Wildman–Crippen MR) is 72.6 cm³/mol. The zero-order valence-corrected chi connectivity index (χ0v) is 11.0. The van der Waals surface area contributed by atoms with Crippen LogP contribution in [-0.4, -0.2) is 30.2 Å². The highest BCUT2D eigenvalue weighted by Crippen LogP contribution is 2.21. The molecule has 0 bridgehead atoms. The smallest absolute Gasteiger partial charge is 0.320 e. The van der Waals surface area contributed by atoms with E-state index in [-0.39, 0.29) is 5.41 Å². The van der Waals surface area contributed by atoms with E-state index in [0.29, 0.717) is 13.0 Å². The van der Waals surface area contributed by atoms with Crippen molar-refractivity contribution in [1.82, 2.24) is 5.32 Å². The summed E-state index contributed by atoms with van der Waals surface area (Å²) in [4.78, 5) is 10.6. The fraction of sp³-hybridized carbons (Fsp3) is 0.500. The molecule has 4 N–H and O–H groups in total. The van der Waals surface area contributed by atoms with Gasteiger partial charge in [0.25, 0.3) is 0 Å². The van der Waals surface area contributed by atoms with Crippen LogP contribution in [0.3, 0.4) is 0 Å². The Kier molecular flexibility index (Phi) is 5.31. The molecule has 1 aromatic rings. The molecule has 0 radical (unpaired) electrons. The summed E-state index contributed by atoms with van der Waals surface area (Å²) in [7, 11) is 0. The first-order chi connectivity index (χ1) is 8.43. The molecular formula is C14H22N2O2. The summed E-state index contributed by atoms with van der Waals surface area (Å²) in [5.74, 6) is -0.945. The number of hydrogen-bond donors (Lipinski definition) is 3. The molecule has 0 aliphatic carbocycles. The summed E-state index contributed by atoms with van der Waals surface area (Å²) >= 11 is 0. The molecule has 0 heterocycles. The Morgan fingerprint density at radius 3 is 2.56 bits per heavy atom. The van der Waals surface area contributed by atoms with Crippen molar-refractivity contribution < 1.29 is 9.90 Å². The lowest BCUT2D eigenvalue weighted by molar-refractivity contribution is -0.138. The largest absolute Gasteiger partial charge is 0.480 e. The highest BCUT2D eigenvalue weighted by molar-refractivity contribution is 5.72. The second-order valence-electron chi connectivity index (χ2n) is 5.16. The Labute approximate surface area is 108 Å². The molecule has 1 aromatic carbocycles. The van der Waals surface area contributed by atoms with Gasteiger partial charge in [-0.15, -0.1) is 0 Å². The molecule has 0 aromatic heterocycles. The topological polar surface area (TPSA) is 75.3 Å². The minimum absolute atomic E-state index is 0.0224. The van der Waals surface area contributed by atoms with E-state index in [1.165, 1.54) is 5.56 Å². The average molecular weight is 250 g/mol. The number of carbonyl (C=O) groups is 1. The Morgan fingerprint density at radius 2 is 2.00 bits per heavy atom. The minimum Gasteiger partial charge on any atom is -0.480 e. The first kappa shape index (κ1) is 14.7. The molecule has 18 heavy (non-hydrogen) atoms. The van der Waals surface area contributed by atoms with Crippen LogP contribution in [0.5, 0.6) is 0 Å². The van der Waals surface area contributed by atoms with Crippen LogP contribution >= 0.6 is 0 Å². The van der Waals surface area contributed by atoms with Gasteiger partial charge in [-0.05, 0) is 18.5 Å². The van der Waals surface area contributed by atoms with Gasteiger partial charge in [0.1, 0.15) is 6.04 Å². The maximum absolute atomic E-state index is 10.6. The Balaban J connectivity index is 2.37. The lowest BCUT2D eigenvalue weighted by atomic mass is 9.84. The van der Waals surface area contributed by atoms with Crippen molar-refractivity contribution in [2.75, 3.05) is 13.1 Å². The number of carboxylic acid groups (broad SMARTS) is 1. The van der Waals surface area contributed by atoms with Crippen LogP contribution in [0.1, 0.15) is 25.8 Å². The Bertz CT molecular complexity index is 377. The van der Waals surface area contributed by atoms with Gasteiger partial charge < -0.3 is 16.2 Å². The molecule has 0 saturated carbocycles. The van der Waals surface area contributed by atoms with Crippen molar-refractivity contribution in [1.29, 1.82) is 0 Å². The number of nitrogens with one attached hydrogen (secondary N) is 1. The van der Waals surface area contributed by atoms with E-state index in [1.54, 1.807) is 0 Å². The third-order valence-electron chi connectivity index (χ3n) is 3.07. The summed E-state index contributed by atoms with van der Waals surface area (Å²) in [5.41, 5.74) is 6.72. The summed E-state index contributed by atoms with van der Waals surface area (Å²) < 4.78 is 0. The van der Waals surface area contributed by atoms with E-state index in [0.717, 1.165) is 6.54 Å². The average Bonchev–Trinajstić information content (AvgIpc) is 2.35. The van der Waals surface area contributed by atoms with E-state index >= 15 is 0 Å². The third kappa shape index (κ3) is 4.47. The van der Waals surface area contributed by atoms with Crippen LogP contribution in [-0.2, 0) is 10.2 Å². The Hall–Kier alpha value is -1.39. The molecule has 0 fully saturated rings. The molecular weight excluding hydrogens is 228 g/mol. The van der Waals surface area contributed by atoms with Gasteiger partial charge in [0, 0.05) is 12.0 Å². The number of hydrogen-bond acceptors (Lipinski definition) is 3. The van der Waals surface area contributed by atoms with Gasteiger partial charge in [-0.1, -0.05) is 44.2 Å². The van der Waals surface area contributed by atoms with Crippen LogP contribution in [0.15, 0.2) is 30.3 Å². The molecule has 1 atom stereocenters. The fourth-order valence-corrected chi connectivity index (χ4v) is 1.77. The zero-order valence-electron chi connectivity index (χ0n) is 11.0. The normalized spacial score (nSPS) is 13.3. The van der Waals surface area contributed by atoms with E-state index < -0.39 is 12.0 Å². The second kappa shape index (κ2) is 6.52. The Morgan fingerprint density at radius 1 is 1.39 bits per heavy atom. The van der Waals surface area contributed by atoms with Gasteiger partial charge in [0.05, 0.1) is 0 Å². The molecule has 0 amide bonds. The predicted octanol–water partition coefficient (Wildman–Crippen LogP) is 1.36. The number of carboxylic acids is 1. The van der Waals surface area contributed by atoms with Gasteiger partial charge in [0.2, 0.25) is 0 Å². The number of aliphatic carboxylic acids is 1. The molecule has 0 aliphatic rings. The second-order valence-corrected chi connectivity index (χ2v) is 5.16. The van der Waals surface area contributed by atoms with Gasteiger partial charge in [-0.2, -0.15) is 0 Å². The highest BCUT2D eigenvalue weighted by Gasteiger charge is 2.19. The molecule has 0 saturated heterocycles. The van der Waals surface area contributed by atoms with Crippen molar-refractivity contribution in [3.05, 3.63) is 35.9 Å². The van der Waals surface area contributed by atoms with E-state index in [4.69, 9.17) is 10.8 Å². The third-order valence-corrected chi connectivity index (χ3v) is 3.07. The highest BCUT2D eigenvalue weighted by atomic mass is 16.4. The maximum atomic E-state index is 10.6. The van der Waals surface area contributed by atoms with E-state index in [1.807, 2.05) is 18.2 Å². The van der Waals surface area contributed by atoms with Crippen molar-refractivity contribution >= 4 is 5.97 Å². The van der Waals surface area contributed by atoms with Crippen LogP contribution in [0.4, 0.5) is 0 Å². The molecule has 1 unspecified atom stereocenters. The van der Waals surface area contributed by atoms with Gasteiger partial charge >= 0.3 is 5.97 Å². The van der Waals surface area contributed by atoms with Crippen molar-refractivity contribution in [3.63, 3.8) is 0 Å². The minimum atomic E-state index is -0.945. The maximum Gasteiger partial charge on any atom is 0.320 e. The van der Waals surface area contributed by atoms with Crippen LogP contribution < -0.4 is 11.1 Å². The molecule has 0 aliphatic heterocycles. The molecule has 1 rings (SSSR count). The quantitative estimate of drug-likeness (QED) is 0.639. The molecule has 0 spiro atoms. The van der Waals surface area contributed by atoms with Gasteiger partial charge in [-0.25, -0.2) is 0 Å². The van der Waals surface area contributed by atoms with Crippen LogP contribution in [0.2, 0.25) is 0 Å². The lowest BCUT2D eigenvalue weighted by Gasteiger charge is -2.26. The monoisotopic (exact) mass is 250 g/mol. The van der Waals surface area contributed by atoms with Crippen LogP contribution in [0.25, 0.3) is 0 Å². The summed E-state index contributed by atoms with van der Waals surface area (Å²) in [5, 5.41) is 11.9. The zero-order chi connectivity index (χ0) is 13.6. The number of nitrogens with two attached hydrogens (primary N) is 1. The molecule has 4 heteroatoms. The standard InChI is InChI=1S/C14H22N2O2/c1-14(2,11-6-4-3-5-7-11)10-16-9-8-12(15)13(17)18/h3-7,12,16H,8-10,15H2,1-2H3,(H,17,18). The van der Waals surface area contributed by atoms with Crippen molar-refractivity contribution in [3.8, 4) is 0 Å². The number of rotatable bonds is 7. The lowest BCUT2D eigenvalue weighted by Crippen LogP contribution is -2.37. The van der Waals surface area contributed by atoms with Gasteiger partial charge in [0.15, 0.2) is 0 Å². The first-order valence-corrected chi connectivity index (χ1v) is 6.18. The summed E-state index contributed by atoms with van der Waals surface area (Å²) in [6.45, 7) is 5.73. The molecule has 100 valence electrons. The molecule has 4 nitrogen and oxygen atoms in total. The van der Waals surface area contributed by atoms with E-state index in [2.05, 4.69) is 31.3 Å². The van der Waals surface area contributed by atoms with Crippen molar-refractivity contribution in [2.45, 2.75) is 31.7 Å². The SMILES string of the molecule is CC(C)(CNCCC(N)C(=O)O)c1ccccc1. The fourth-order valence-electron chi connectivity index (χ4n) is 1.77.